The quantitative estimate of drug-likeness (QED) is 0.880. The van der Waals surface area contributed by atoms with E-state index in [0.29, 0.717) is 11.7 Å². The molecular weight excluding hydrogens is 350 g/mol. The van der Waals surface area contributed by atoms with E-state index in [-0.39, 0.29) is 21.5 Å². The molecule has 6 nitrogen and oxygen atoms in total. The highest BCUT2D eigenvalue weighted by molar-refractivity contribution is 7.90. The van der Waals surface area contributed by atoms with Crippen LogP contribution in [0.3, 0.4) is 0 Å². The van der Waals surface area contributed by atoms with Crippen molar-refractivity contribution in [3.63, 3.8) is 0 Å². The van der Waals surface area contributed by atoms with Crippen LogP contribution in [0.4, 0.5) is 5.82 Å². The van der Waals surface area contributed by atoms with Gasteiger partial charge in [0.2, 0.25) is 0 Å². The predicted molar refractivity (Wildman–Crippen MR) is 92.2 cm³/mol. The molecule has 24 heavy (non-hydrogen) atoms. The van der Waals surface area contributed by atoms with Crippen molar-refractivity contribution in [3.8, 4) is 0 Å². The molecule has 1 N–H and O–H groups in total. The van der Waals surface area contributed by atoms with E-state index in [2.05, 4.69) is 17.3 Å². The molecule has 1 aromatic carbocycles. The van der Waals surface area contributed by atoms with Gasteiger partial charge in [-0.15, -0.1) is 0 Å². The summed E-state index contributed by atoms with van der Waals surface area (Å²) in [5, 5.41) is 7.17. The summed E-state index contributed by atoms with van der Waals surface area (Å²) in [7, 11) is -3.51. The van der Waals surface area contributed by atoms with Gasteiger partial charge in [-0.1, -0.05) is 11.6 Å². The Morgan fingerprint density at radius 3 is 2.71 bits per heavy atom. The molecular formula is C16H18ClN3O3S. The molecule has 1 fully saturated rings. The summed E-state index contributed by atoms with van der Waals surface area (Å²) in [5.74, 6) is 0.782. The number of benzene rings is 1. The molecule has 1 aliphatic carbocycles. The van der Waals surface area contributed by atoms with Crippen molar-refractivity contribution in [1.29, 1.82) is 0 Å². The number of hydrogen-bond donors (Lipinski definition) is 1. The van der Waals surface area contributed by atoms with Crippen LogP contribution in [0.25, 0.3) is 0 Å². The lowest BCUT2D eigenvalue weighted by Gasteiger charge is -2.15. The summed E-state index contributed by atoms with van der Waals surface area (Å²) in [6, 6.07) is 6.14. The molecule has 1 heterocycles. The number of rotatable bonds is 5. The molecule has 128 valence electrons. The van der Waals surface area contributed by atoms with Gasteiger partial charge in [0.1, 0.15) is 5.82 Å². The maximum Gasteiger partial charge on any atom is 0.256 e. The minimum atomic E-state index is -3.51. The number of nitrogens with one attached hydrogen (secondary N) is 1. The number of sulfone groups is 1. The third-order valence-electron chi connectivity index (χ3n) is 4.19. The summed E-state index contributed by atoms with van der Waals surface area (Å²) in [5.41, 5.74) is 0.228. The first-order valence-electron chi connectivity index (χ1n) is 7.62. The summed E-state index contributed by atoms with van der Waals surface area (Å²) in [6.07, 6.45) is 5.03. The molecule has 0 aliphatic heterocycles. The average molecular weight is 368 g/mol. The van der Waals surface area contributed by atoms with Gasteiger partial charge in [-0.25, -0.2) is 13.1 Å². The second-order valence-corrected chi connectivity index (χ2v) is 8.50. The van der Waals surface area contributed by atoms with E-state index in [1.807, 2.05) is 0 Å². The highest BCUT2D eigenvalue weighted by atomic mass is 35.5. The molecule has 1 aromatic heterocycles. The lowest BCUT2D eigenvalue weighted by molar-refractivity contribution is 0.102. The van der Waals surface area contributed by atoms with Crippen LogP contribution in [0.2, 0.25) is 5.02 Å². The minimum Gasteiger partial charge on any atom is -0.307 e. The second kappa shape index (κ2) is 6.22. The van der Waals surface area contributed by atoms with E-state index in [1.54, 1.807) is 16.9 Å². The van der Waals surface area contributed by atoms with Gasteiger partial charge in [0.25, 0.3) is 5.91 Å². The van der Waals surface area contributed by atoms with Gasteiger partial charge in [0, 0.05) is 17.9 Å². The van der Waals surface area contributed by atoms with Crippen molar-refractivity contribution in [1.82, 2.24) is 9.78 Å². The molecule has 1 unspecified atom stereocenters. The average Bonchev–Trinajstić information content (AvgIpc) is 3.26. The van der Waals surface area contributed by atoms with Gasteiger partial charge in [-0.2, -0.15) is 5.10 Å². The van der Waals surface area contributed by atoms with E-state index in [1.165, 1.54) is 31.0 Å². The van der Waals surface area contributed by atoms with Gasteiger partial charge in [-0.05, 0) is 43.9 Å². The maximum absolute atomic E-state index is 12.5. The van der Waals surface area contributed by atoms with Gasteiger partial charge in [-0.3, -0.25) is 4.79 Å². The molecule has 3 rings (SSSR count). The molecule has 2 aromatic rings. The Bertz CT molecular complexity index is 888. The Kier molecular flexibility index (Phi) is 4.40. The molecule has 1 atom stereocenters. The maximum atomic E-state index is 12.5. The van der Waals surface area contributed by atoms with Gasteiger partial charge >= 0.3 is 0 Å². The third kappa shape index (κ3) is 3.47. The van der Waals surface area contributed by atoms with Crippen molar-refractivity contribution >= 4 is 33.2 Å². The smallest absolute Gasteiger partial charge is 0.256 e. The molecule has 0 spiro atoms. The van der Waals surface area contributed by atoms with Crippen molar-refractivity contribution in [2.24, 2.45) is 5.92 Å². The van der Waals surface area contributed by atoms with E-state index >= 15 is 0 Å². The van der Waals surface area contributed by atoms with Crippen LogP contribution in [0.15, 0.2) is 35.4 Å². The first kappa shape index (κ1) is 17.0. The van der Waals surface area contributed by atoms with Gasteiger partial charge in [0.05, 0.1) is 22.2 Å². The van der Waals surface area contributed by atoms with Crippen LogP contribution in [-0.2, 0) is 9.84 Å². The van der Waals surface area contributed by atoms with Crippen LogP contribution in [0.5, 0.6) is 0 Å². The van der Waals surface area contributed by atoms with Gasteiger partial charge in [0.15, 0.2) is 9.84 Å². The number of amides is 1. The monoisotopic (exact) mass is 367 g/mol. The number of halogens is 1. The molecule has 0 radical (unpaired) electrons. The Morgan fingerprint density at radius 2 is 2.08 bits per heavy atom. The third-order valence-corrected chi connectivity index (χ3v) is 5.77. The number of carbonyl (C=O) groups excluding carboxylic acids is 1. The summed E-state index contributed by atoms with van der Waals surface area (Å²) >= 11 is 5.91. The van der Waals surface area contributed by atoms with E-state index in [0.717, 1.165) is 6.26 Å². The number of nitrogens with zero attached hydrogens (tertiary/aromatic N) is 2. The lowest BCUT2D eigenvalue weighted by Crippen LogP contribution is -2.18. The first-order valence-corrected chi connectivity index (χ1v) is 9.89. The zero-order valence-corrected chi connectivity index (χ0v) is 14.9. The Hall–Kier alpha value is -1.86. The highest BCUT2D eigenvalue weighted by Gasteiger charge is 2.30. The van der Waals surface area contributed by atoms with Crippen molar-refractivity contribution < 1.29 is 13.2 Å². The van der Waals surface area contributed by atoms with Crippen LogP contribution >= 0.6 is 11.6 Å². The summed E-state index contributed by atoms with van der Waals surface area (Å²) in [4.78, 5) is 12.4. The first-order chi connectivity index (χ1) is 11.3. The Morgan fingerprint density at radius 1 is 1.38 bits per heavy atom. The molecule has 1 aliphatic rings. The fraction of sp³-hybridized carbons (Fsp3) is 0.375. The van der Waals surface area contributed by atoms with Crippen molar-refractivity contribution in [2.75, 3.05) is 11.6 Å². The summed E-state index contributed by atoms with van der Waals surface area (Å²) in [6.45, 7) is 2.07. The molecule has 8 heteroatoms. The highest BCUT2D eigenvalue weighted by Crippen LogP contribution is 2.40. The predicted octanol–water partition coefficient (Wildman–Crippen LogP) is 3.16. The zero-order chi connectivity index (χ0) is 17.5. The molecule has 1 amide bonds. The largest absolute Gasteiger partial charge is 0.307 e. The minimum absolute atomic E-state index is 0.0586. The molecule has 0 saturated heterocycles. The topological polar surface area (TPSA) is 81.1 Å². The zero-order valence-electron chi connectivity index (χ0n) is 13.4. The van der Waals surface area contributed by atoms with Crippen molar-refractivity contribution in [3.05, 3.63) is 41.0 Å². The molecule has 0 bridgehead atoms. The fourth-order valence-corrected chi connectivity index (χ4v) is 3.93. The number of hydrogen-bond acceptors (Lipinski definition) is 4. The van der Waals surface area contributed by atoms with Crippen LogP contribution in [0, 0.1) is 5.92 Å². The van der Waals surface area contributed by atoms with Gasteiger partial charge < -0.3 is 5.32 Å². The number of aromatic nitrogens is 2. The van der Waals surface area contributed by atoms with E-state index < -0.39 is 15.7 Å². The van der Waals surface area contributed by atoms with Crippen molar-refractivity contribution in [2.45, 2.75) is 30.7 Å². The van der Waals surface area contributed by atoms with Crippen LogP contribution in [-0.4, -0.2) is 30.4 Å². The second-order valence-electron chi connectivity index (χ2n) is 6.11. The van der Waals surface area contributed by atoms with E-state index in [4.69, 9.17) is 11.6 Å². The Labute approximate surface area is 145 Å². The van der Waals surface area contributed by atoms with Crippen LogP contribution < -0.4 is 5.32 Å². The van der Waals surface area contributed by atoms with E-state index in [9.17, 15) is 13.2 Å². The molecule has 1 saturated carbocycles. The normalized spacial score (nSPS) is 16.0. The Balaban J connectivity index is 1.85. The SMILES string of the molecule is CC(C1CC1)n1nccc1NC(=O)c1ccc(Cl)c(S(C)(=O)=O)c1. The van der Waals surface area contributed by atoms with Crippen LogP contribution in [0.1, 0.15) is 36.2 Å². The fourth-order valence-electron chi connectivity index (χ4n) is 2.63. The lowest BCUT2D eigenvalue weighted by atomic mass is 10.2. The standard InChI is InChI=1S/C16H18ClN3O3S/c1-10(11-3-4-11)20-15(7-8-18-20)19-16(21)12-5-6-13(17)14(9-12)24(2,22)23/h5-11H,3-4H2,1-2H3,(H,19,21). The summed E-state index contributed by atoms with van der Waals surface area (Å²) < 4.78 is 25.3. The number of anilines is 1. The number of carbonyl (C=O) groups is 1.